The van der Waals surface area contributed by atoms with Crippen molar-refractivity contribution in [1.82, 2.24) is 0 Å². The minimum Gasteiger partial charge on any atom is -0.466 e. The molecule has 0 spiro atoms. The molecule has 0 unspecified atom stereocenters. The quantitative estimate of drug-likeness (QED) is 0.514. The van der Waals surface area contributed by atoms with E-state index >= 15 is 0 Å². The lowest BCUT2D eigenvalue weighted by atomic mass is 10.0. The van der Waals surface area contributed by atoms with Gasteiger partial charge in [0.25, 0.3) is 0 Å². The highest BCUT2D eigenvalue weighted by Crippen LogP contribution is 2.36. The molecule has 0 N–H and O–H groups in total. The molecule has 0 aliphatic heterocycles. The van der Waals surface area contributed by atoms with Crippen molar-refractivity contribution in [2.24, 2.45) is 0 Å². The molecule has 2 aromatic rings. The number of ether oxygens (including phenoxy) is 1. The first kappa shape index (κ1) is 11.7. The molecule has 0 amide bonds. The largest absolute Gasteiger partial charge is 0.466 e. The summed E-state index contributed by atoms with van der Waals surface area (Å²) < 4.78 is 4.59. The molecule has 0 aromatic heterocycles. The molecule has 0 heterocycles. The van der Waals surface area contributed by atoms with Gasteiger partial charge in [-0.2, -0.15) is 0 Å². The molecule has 0 atom stereocenters. The van der Waals surface area contributed by atoms with E-state index in [4.69, 9.17) is 0 Å². The summed E-state index contributed by atoms with van der Waals surface area (Å²) >= 11 is 0. The summed E-state index contributed by atoms with van der Waals surface area (Å²) in [5, 5.41) is 0. The van der Waals surface area contributed by atoms with Crippen LogP contribution >= 0.6 is 0 Å². The van der Waals surface area contributed by atoms with Crippen molar-refractivity contribution in [3.05, 3.63) is 65.2 Å². The zero-order valence-electron chi connectivity index (χ0n) is 10.7. The van der Waals surface area contributed by atoms with Crippen LogP contribution in [0.2, 0.25) is 0 Å². The second kappa shape index (κ2) is 4.73. The van der Waals surface area contributed by atoms with Crippen LogP contribution in [0.5, 0.6) is 0 Å². The zero-order valence-corrected chi connectivity index (χ0v) is 10.7. The van der Waals surface area contributed by atoms with E-state index in [0.29, 0.717) is 0 Å². The lowest BCUT2D eigenvalue weighted by molar-refractivity contribution is -0.134. The fourth-order valence-corrected chi connectivity index (χ4v) is 2.50. The number of benzene rings is 2. The summed E-state index contributed by atoms with van der Waals surface area (Å²) in [5.41, 5.74) is 6.32. The number of methoxy groups -OCH3 is 1. The van der Waals surface area contributed by atoms with E-state index in [1.807, 2.05) is 6.07 Å². The van der Waals surface area contributed by atoms with E-state index in [-0.39, 0.29) is 5.97 Å². The Labute approximate surface area is 112 Å². The molecular formula is C17H14O2. The average molecular weight is 250 g/mol. The molecule has 19 heavy (non-hydrogen) atoms. The van der Waals surface area contributed by atoms with Gasteiger partial charge in [0, 0.05) is 6.08 Å². The SMILES string of the molecule is COC(=O)C=Cc1ccc2c(c1)Cc1ccccc1-2. The maximum Gasteiger partial charge on any atom is 0.330 e. The van der Waals surface area contributed by atoms with E-state index in [1.54, 1.807) is 6.08 Å². The standard InChI is InChI=1S/C17H14O2/c1-19-17(18)9-7-12-6-8-16-14(10-12)11-13-4-2-3-5-15(13)16/h2-10H,11H2,1H3. The molecule has 0 bridgehead atoms. The van der Waals surface area contributed by atoms with Crippen LogP contribution in [0.25, 0.3) is 17.2 Å². The summed E-state index contributed by atoms with van der Waals surface area (Å²) in [6, 6.07) is 14.7. The van der Waals surface area contributed by atoms with E-state index in [1.165, 1.54) is 35.4 Å². The maximum atomic E-state index is 11.1. The van der Waals surface area contributed by atoms with Crippen LogP contribution in [0.1, 0.15) is 16.7 Å². The minimum atomic E-state index is -0.330. The minimum absolute atomic E-state index is 0.330. The van der Waals surface area contributed by atoms with Crippen molar-refractivity contribution in [3.63, 3.8) is 0 Å². The molecule has 2 aromatic carbocycles. The molecule has 0 fully saturated rings. The predicted molar refractivity (Wildman–Crippen MR) is 75.7 cm³/mol. The topological polar surface area (TPSA) is 26.3 Å². The summed E-state index contributed by atoms with van der Waals surface area (Å²) in [6.45, 7) is 0. The molecule has 2 heteroatoms. The van der Waals surface area contributed by atoms with E-state index in [9.17, 15) is 4.79 Å². The molecule has 0 radical (unpaired) electrons. The number of esters is 1. The number of hydrogen-bond acceptors (Lipinski definition) is 2. The highest BCUT2D eigenvalue weighted by molar-refractivity contribution is 5.87. The third-order valence-electron chi connectivity index (χ3n) is 3.43. The molecule has 94 valence electrons. The van der Waals surface area contributed by atoms with Crippen LogP contribution in [0.3, 0.4) is 0 Å². The highest BCUT2D eigenvalue weighted by atomic mass is 16.5. The van der Waals surface area contributed by atoms with E-state index in [0.717, 1.165) is 12.0 Å². The predicted octanol–water partition coefficient (Wildman–Crippen LogP) is 3.44. The summed E-state index contributed by atoms with van der Waals surface area (Å²) in [6.07, 6.45) is 4.20. The number of hydrogen-bond donors (Lipinski definition) is 0. The van der Waals surface area contributed by atoms with Crippen LogP contribution in [-0.4, -0.2) is 13.1 Å². The first-order valence-electron chi connectivity index (χ1n) is 6.25. The Bertz CT molecular complexity index is 669. The van der Waals surface area contributed by atoms with Crippen LogP contribution in [-0.2, 0) is 16.0 Å². The Morgan fingerprint density at radius 3 is 2.74 bits per heavy atom. The van der Waals surface area contributed by atoms with Gasteiger partial charge in [-0.15, -0.1) is 0 Å². The van der Waals surface area contributed by atoms with Crippen LogP contribution < -0.4 is 0 Å². The number of carbonyl (C=O) groups is 1. The van der Waals surface area contributed by atoms with Gasteiger partial charge in [-0.05, 0) is 40.3 Å². The van der Waals surface area contributed by atoms with Gasteiger partial charge in [0.1, 0.15) is 0 Å². The third kappa shape index (κ3) is 2.17. The van der Waals surface area contributed by atoms with Gasteiger partial charge in [-0.25, -0.2) is 4.79 Å². The highest BCUT2D eigenvalue weighted by Gasteiger charge is 2.17. The second-order valence-electron chi connectivity index (χ2n) is 4.61. The van der Waals surface area contributed by atoms with Crippen LogP contribution in [0.4, 0.5) is 0 Å². The van der Waals surface area contributed by atoms with Crippen molar-refractivity contribution in [2.45, 2.75) is 6.42 Å². The van der Waals surface area contributed by atoms with E-state index in [2.05, 4.69) is 41.1 Å². The normalized spacial score (nSPS) is 12.3. The first-order valence-corrected chi connectivity index (χ1v) is 6.25. The Hall–Kier alpha value is -2.35. The van der Waals surface area contributed by atoms with Crippen molar-refractivity contribution >= 4 is 12.0 Å². The Morgan fingerprint density at radius 2 is 1.89 bits per heavy atom. The van der Waals surface area contributed by atoms with Gasteiger partial charge in [-0.1, -0.05) is 42.5 Å². The molecule has 0 saturated heterocycles. The Morgan fingerprint density at radius 1 is 1.11 bits per heavy atom. The summed E-state index contributed by atoms with van der Waals surface area (Å²) in [5.74, 6) is -0.330. The lowest BCUT2D eigenvalue weighted by Crippen LogP contribution is -1.93. The fourth-order valence-electron chi connectivity index (χ4n) is 2.50. The molecular weight excluding hydrogens is 236 g/mol. The van der Waals surface area contributed by atoms with Gasteiger partial charge < -0.3 is 4.74 Å². The summed E-state index contributed by atoms with van der Waals surface area (Å²) in [7, 11) is 1.38. The Balaban J connectivity index is 1.93. The number of fused-ring (bicyclic) bond motifs is 3. The molecule has 1 aliphatic carbocycles. The van der Waals surface area contributed by atoms with Crippen molar-refractivity contribution in [1.29, 1.82) is 0 Å². The molecule has 0 saturated carbocycles. The lowest BCUT2D eigenvalue weighted by Gasteiger charge is -2.01. The smallest absolute Gasteiger partial charge is 0.330 e. The third-order valence-corrected chi connectivity index (χ3v) is 3.43. The van der Waals surface area contributed by atoms with Gasteiger partial charge in [0.05, 0.1) is 7.11 Å². The van der Waals surface area contributed by atoms with Gasteiger partial charge >= 0.3 is 5.97 Å². The second-order valence-corrected chi connectivity index (χ2v) is 4.61. The van der Waals surface area contributed by atoms with Gasteiger partial charge in [0.15, 0.2) is 0 Å². The number of rotatable bonds is 2. The van der Waals surface area contributed by atoms with Gasteiger partial charge in [-0.3, -0.25) is 0 Å². The molecule has 2 nitrogen and oxygen atoms in total. The average Bonchev–Trinajstić information content (AvgIpc) is 2.82. The molecule has 3 rings (SSSR count). The Kier molecular flexibility index (Phi) is 2.92. The number of carbonyl (C=O) groups excluding carboxylic acids is 1. The maximum absolute atomic E-state index is 11.1. The summed E-state index contributed by atoms with van der Waals surface area (Å²) in [4.78, 5) is 11.1. The monoisotopic (exact) mass is 250 g/mol. The van der Waals surface area contributed by atoms with Crippen LogP contribution in [0, 0.1) is 0 Å². The molecule has 1 aliphatic rings. The van der Waals surface area contributed by atoms with Crippen molar-refractivity contribution < 1.29 is 9.53 Å². The van der Waals surface area contributed by atoms with E-state index < -0.39 is 0 Å². The zero-order chi connectivity index (χ0) is 13.2. The van der Waals surface area contributed by atoms with Crippen LogP contribution in [0.15, 0.2) is 48.5 Å². The van der Waals surface area contributed by atoms with Crippen molar-refractivity contribution in [2.75, 3.05) is 7.11 Å². The van der Waals surface area contributed by atoms with Gasteiger partial charge in [0.2, 0.25) is 0 Å². The fraction of sp³-hybridized carbons (Fsp3) is 0.118. The van der Waals surface area contributed by atoms with Crippen molar-refractivity contribution in [3.8, 4) is 11.1 Å². The first-order chi connectivity index (χ1) is 9.28.